The molecule has 0 bridgehead atoms. The molecule has 1 unspecified atom stereocenters. The number of nitrogens with zero attached hydrogens (tertiary/aromatic N) is 2. The minimum atomic E-state index is -1.31. The van der Waals surface area contributed by atoms with Gasteiger partial charge in [0.15, 0.2) is 0 Å². The predicted molar refractivity (Wildman–Crippen MR) is 294 cm³/mol. The Balaban J connectivity index is 0.000000249. The molecule has 14 nitrogen and oxygen atoms in total. The zero-order chi connectivity index (χ0) is 54.8. The van der Waals surface area contributed by atoms with Crippen molar-refractivity contribution in [3.05, 3.63) is 130 Å². The van der Waals surface area contributed by atoms with Crippen LogP contribution in [0.4, 0.5) is 0 Å². The Morgan fingerprint density at radius 2 is 1.29 bits per heavy atom. The molecule has 9 atom stereocenters. The highest BCUT2D eigenvalue weighted by Crippen LogP contribution is 2.35. The van der Waals surface area contributed by atoms with Crippen molar-refractivity contribution in [2.45, 2.75) is 173 Å². The maximum atomic E-state index is 13.4. The minimum Gasteiger partial charge on any atom is -0.394 e. The summed E-state index contributed by atoms with van der Waals surface area (Å²) in [5.74, 6) is 11.1. The summed E-state index contributed by atoms with van der Waals surface area (Å²) >= 11 is 0. The van der Waals surface area contributed by atoms with Crippen LogP contribution in [0.25, 0.3) is 0 Å². The molecule has 2 amide bonds. The van der Waals surface area contributed by atoms with Crippen molar-refractivity contribution < 1.29 is 49.9 Å². The highest BCUT2D eigenvalue weighted by molar-refractivity contribution is 5.83. The third-order valence-electron chi connectivity index (χ3n) is 15.1. The van der Waals surface area contributed by atoms with Gasteiger partial charge < -0.3 is 41.3 Å². The van der Waals surface area contributed by atoms with Crippen molar-refractivity contribution in [1.29, 1.82) is 0 Å². The molecule has 2 aliphatic heterocycles. The van der Waals surface area contributed by atoms with Crippen molar-refractivity contribution in [2.75, 3.05) is 26.3 Å². The first-order valence-corrected chi connectivity index (χ1v) is 27.4. The molecule has 412 valence electrons. The summed E-state index contributed by atoms with van der Waals surface area (Å²) in [4.78, 5) is 38.7. The van der Waals surface area contributed by atoms with Gasteiger partial charge >= 0.3 is 0 Å². The highest BCUT2D eigenvalue weighted by atomic mass is 16.7. The molecule has 3 aromatic carbocycles. The van der Waals surface area contributed by atoms with Gasteiger partial charge in [-0.3, -0.25) is 19.3 Å². The summed E-state index contributed by atoms with van der Waals surface area (Å²) in [6.45, 7) is 12.1. The molecule has 2 saturated carbocycles. The normalized spacial score (nSPS) is 24.3. The second-order valence-electron chi connectivity index (χ2n) is 21.8. The Hall–Kier alpha value is -5.20. The first kappa shape index (κ1) is 60.0. The minimum absolute atomic E-state index is 0.170. The summed E-state index contributed by atoms with van der Waals surface area (Å²) in [5.41, 5.74) is 4.22. The molecular formula is C62H84N4O10. The monoisotopic (exact) mass is 1040 g/mol. The van der Waals surface area contributed by atoms with Crippen LogP contribution in [0.2, 0.25) is 0 Å². The number of aliphatic hydroxyl groups excluding tert-OH is 4. The largest absolute Gasteiger partial charge is 0.394 e. The number of aliphatic hydroxyl groups is 6. The van der Waals surface area contributed by atoms with Crippen LogP contribution in [-0.4, -0.2) is 121 Å². The van der Waals surface area contributed by atoms with Gasteiger partial charge in [0.25, 0.3) is 0 Å². The molecule has 76 heavy (non-hydrogen) atoms. The van der Waals surface area contributed by atoms with E-state index >= 15 is 0 Å². The summed E-state index contributed by atoms with van der Waals surface area (Å²) in [7, 11) is 0. The fraction of sp³-hybridized carbons (Fsp3) is 0.548. The van der Waals surface area contributed by atoms with Gasteiger partial charge in [-0.25, -0.2) is 0 Å². The second-order valence-corrected chi connectivity index (χ2v) is 21.8. The van der Waals surface area contributed by atoms with Gasteiger partial charge in [-0.2, -0.15) is 10.1 Å². The first-order valence-electron chi connectivity index (χ1n) is 27.4. The topological polar surface area (TPSA) is 205 Å². The van der Waals surface area contributed by atoms with E-state index in [2.05, 4.69) is 54.2 Å². The van der Waals surface area contributed by atoms with Crippen LogP contribution in [0, 0.1) is 41.4 Å². The molecule has 4 fully saturated rings. The summed E-state index contributed by atoms with van der Waals surface area (Å²) in [5, 5.41) is 71.5. The van der Waals surface area contributed by atoms with E-state index in [0.717, 1.165) is 55.2 Å². The number of benzene rings is 3. The van der Waals surface area contributed by atoms with Crippen molar-refractivity contribution >= 4 is 11.8 Å². The van der Waals surface area contributed by atoms with E-state index in [1.807, 2.05) is 91.9 Å². The Labute approximate surface area is 451 Å². The predicted octanol–water partition coefficient (Wildman–Crippen LogP) is 6.74. The van der Waals surface area contributed by atoms with Crippen LogP contribution >= 0.6 is 0 Å². The number of nitrogens with one attached hydrogen (secondary N) is 2. The number of carbonyl (C=O) groups is 2. The highest BCUT2D eigenvalue weighted by Gasteiger charge is 2.50. The maximum Gasteiger partial charge on any atom is 0.240 e. The molecule has 2 heterocycles. The number of amides is 2. The van der Waals surface area contributed by atoms with Gasteiger partial charge in [0.05, 0.1) is 38.5 Å². The van der Waals surface area contributed by atoms with E-state index in [0.29, 0.717) is 49.5 Å². The molecule has 4 aliphatic rings. The van der Waals surface area contributed by atoms with E-state index in [-0.39, 0.29) is 31.6 Å². The van der Waals surface area contributed by atoms with Crippen molar-refractivity contribution in [1.82, 2.24) is 20.8 Å². The molecule has 2 aliphatic carbocycles. The summed E-state index contributed by atoms with van der Waals surface area (Å²) < 4.78 is 0. The zero-order valence-corrected chi connectivity index (χ0v) is 45.6. The van der Waals surface area contributed by atoms with Crippen LogP contribution < -0.4 is 10.6 Å². The zero-order valence-electron chi connectivity index (χ0n) is 45.6. The number of hydroxylamine groups is 4. The number of allylic oxidation sites excluding steroid dienone is 3. The van der Waals surface area contributed by atoms with E-state index in [9.17, 15) is 40.2 Å². The lowest BCUT2D eigenvalue weighted by Crippen LogP contribution is -2.49. The SMILES string of the molecule is CC(C)=CCC/C(C)=C/CNC(=O)[C@H]1[C@@H]([C@@H](C)O)[C@@H](CO)ON1Cc1cccc(C#CC(C)(O)c2ccccc2)c1.C[C@@H](O)[C@H]1[C@@H](CO)ON(Cc2cccc(C#CC3(O)CCCC3)c2)[C@H]1C(=O)NCC1CCCCC1. The van der Waals surface area contributed by atoms with Crippen molar-refractivity contribution in [3.8, 4) is 23.7 Å². The molecule has 3 aromatic rings. The van der Waals surface area contributed by atoms with Crippen LogP contribution in [0.15, 0.2) is 102 Å². The van der Waals surface area contributed by atoms with Gasteiger partial charge in [0, 0.05) is 36.1 Å². The lowest BCUT2D eigenvalue weighted by molar-refractivity contribution is -0.182. The standard InChI is InChI=1S/C34H44N2O5.C28H40N2O5/c1-24(2)11-9-12-25(3)18-20-35-33(39)32-31(26(4)38)30(23-37)41-36(32)22-28-14-10-13-27(21-28)17-19-34(5,40)29-15-7-6-8-16-29;1-20(32)25-24(19-31)35-30(26(25)27(33)29-17-22-8-3-2-4-9-22)18-23-11-7-10-21(16-23)12-15-28(34)13-5-6-14-28/h6-8,10-11,13-16,18,21,26,30-32,37-38,40H,9,12,20,22-23H2,1-5H3,(H,35,39);7,10-11,16,20,22,24-26,31-32,34H,2-6,8-9,13-14,17-19H2,1H3,(H,29,33)/b25-18+;/t26-,30-,31+,32-,34?;20-,24-,25+,26-/m11/s1. The van der Waals surface area contributed by atoms with Crippen LogP contribution in [0.5, 0.6) is 0 Å². The Morgan fingerprint density at radius 3 is 1.82 bits per heavy atom. The maximum absolute atomic E-state index is 13.4. The molecule has 0 aromatic heterocycles. The number of hydrogen-bond acceptors (Lipinski definition) is 12. The van der Waals surface area contributed by atoms with Crippen molar-refractivity contribution in [3.63, 3.8) is 0 Å². The van der Waals surface area contributed by atoms with E-state index in [1.165, 1.54) is 30.4 Å². The third-order valence-corrected chi connectivity index (χ3v) is 15.1. The fourth-order valence-electron chi connectivity index (χ4n) is 10.8. The molecule has 2 saturated heterocycles. The van der Waals surface area contributed by atoms with Gasteiger partial charge in [0.1, 0.15) is 35.5 Å². The van der Waals surface area contributed by atoms with Crippen LogP contribution in [0.3, 0.4) is 0 Å². The summed E-state index contributed by atoms with van der Waals surface area (Å²) in [6.07, 6.45) is 12.4. The Kier molecular flexibility index (Phi) is 22.9. The molecule has 8 N–H and O–H groups in total. The third kappa shape index (κ3) is 17.4. The smallest absolute Gasteiger partial charge is 0.240 e. The Morgan fingerprint density at radius 1 is 0.750 bits per heavy atom. The molecular weight excluding hydrogens is 961 g/mol. The average molecular weight is 1050 g/mol. The number of carbonyl (C=O) groups excluding carboxylic acids is 2. The fourth-order valence-corrected chi connectivity index (χ4v) is 10.8. The molecule has 14 heteroatoms. The first-order chi connectivity index (χ1) is 36.4. The Bertz CT molecular complexity index is 2520. The van der Waals surface area contributed by atoms with Gasteiger partial charge in [-0.05, 0) is 140 Å². The molecule has 7 rings (SSSR count). The molecule has 0 radical (unpaired) electrons. The van der Waals surface area contributed by atoms with E-state index in [1.54, 1.807) is 30.9 Å². The van der Waals surface area contributed by atoms with Crippen LogP contribution in [-0.2, 0) is 38.0 Å². The van der Waals surface area contributed by atoms with Gasteiger partial charge in [-0.1, -0.05) is 121 Å². The van der Waals surface area contributed by atoms with Gasteiger partial charge in [0.2, 0.25) is 11.8 Å². The number of rotatable bonds is 18. The van der Waals surface area contributed by atoms with Gasteiger partial charge in [-0.15, -0.1) is 0 Å². The van der Waals surface area contributed by atoms with Crippen LogP contribution in [0.1, 0.15) is 140 Å². The second kappa shape index (κ2) is 29.0. The lowest BCUT2D eigenvalue weighted by Gasteiger charge is -2.28. The summed E-state index contributed by atoms with van der Waals surface area (Å²) in [6, 6.07) is 23.0. The number of hydrogen-bond donors (Lipinski definition) is 8. The quantitative estimate of drug-likeness (QED) is 0.0493. The lowest BCUT2D eigenvalue weighted by atomic mass is 9.88. The molecule has 0 spiro atoms. The van der Waals surface area contributed by atoms with E-state index < -0.39 is 59.5 Å². The van der Waals surface area contributed by atoms with Crippen molar-refractivity contribution in [2.24, 2.45) is 17.8 Å². The average Bonchev–Trinajstić information content (AvgIpc) is 4.13. The van der Waals surface area contributed by atoms with E-state index in [4.69, 9.17) is 9.68 Å².